The number of carbonyl (C=O) groups excluding carboxylic acids is 2. The van der Waals surface area contributed by atoms with E-state index < -0.39 is 64.6 Å². The maximum atomic E-state index is 14.9. The van der Waals surface area contributed by atoms with Crippen molar-refractivity contribution < 1.29 is 49.8 Å². The van der Waals surface area contributed by atoms with Crippen molar-refractivity contribution in [3.63, 3.8) is 0 Å². The van der Waals surface area contributed by atoms with Crippen molar-refractivity contribution in [2.24, 2.45) is 5.10 Å². The number of nitrogens with zero attached hydrogens (tertiary/aromatic N) is 3. The van der Waals surface area contributed by atoms with Crippen LogP contribution in [0, 0.1) is 23.3 Å². The number of benzene rings is 2. The summed E-state index contributed by atoms with van der Waals surface area (Å²) in [7, 11) is 1.21. The number of amides is 2. The van der Waals surface area contributed by atoms with Crippen molar-refractivity contribution in [3.8, 4) is 5.75 Å². The molecule has 0 bridgehead atoms. The van der Waals surface area contributed by atoms with Gasteiger partial charge in [0.25, 0.3) is 5.91 Å². The molecule has 0 aromatic heterocycles. The first-order valence-electron chi connectivity index (χ1n) is 9.99. The van der Waals surface area contributed by atoms with Crippen molar-refractivity contribution in [1.29, 1.82) is 0 Å². The average molecular weight is 522 g/mol. The summed E-state index contributed by atoms with van der Waals surface area (Å²) in [5, 5.41) is 6.61. The number of morpholine rings is 1. The Morgan fingerprint density at radius 1 is 1.17 bits per heavy atom. The highest BCUT2D eigenvalue weighted by atomic mass is 19.4. The minimum atomic E-state index is -4.85. The molecule has 3 rings (SSSR count). The van der Waals surface area contributed by atoms with Crippen LogP contribution in [0.4, 0.5) is 42.1 Å². The molecule has 15 heteroatoms. The lowest BCUT2D eigenvalue weighted by molar-refractivity contribution is -0.153. The third-order valence-corrected chi connectivity index (χ3v) is 4.71. The Kier molecular flexibility index (Phi) is 8.02. The zero-order valence-corrected chi connectivity index (χ0v) is 18.3. The molecule has 1 aliphatic rings. The molecule has 36 heavy (non-hydrogen) atoms. The molecule has 0 aliphatic carbocycles. The molecular weight excluding hydrogens is 505 g/mol. The predicted molar refractivity (Wildman–Crippen MR) is 112 cm³/mol. The lowest BCUT2D eigenvalue weighted by Gasteiger charge is -2.26. The van der Waals surface area contributed by atoms with E-state index in [9.17, 15) is 40.3 Å². The first-order chi connectivity index (χ1) is 16.9. The Morgan fingerprint density at radius 2 is 1.83 bits per heavy atom. The van der Waals surface area contributed by atoms with Crippen molar-refractivity contribution in [1.82, 2.24) is 4.90 Å². The van der Waals surface area contributed by atoms with Gasteiger partial charge in [0.05, 0.1) is 24.4 Å². The van der Waals surface area contributed by atoms with Crippen LogP contribution in [0.1, 0.15) is 10.4 Å². The maximum absolute atomic E-state index is 14.9. The summed E-state index contributed by atoms with van der Waals surface area (Å²) in [4.78, 5) is 25.0. The number of hydrogen-bond acceptors (Lipinski definition) is 6. The van der Waals surface area contributed by atoms with Crippen molar-refractivity contribution in [3.05, 3.63) is 53.1 Å². The molecule has 194 valence electrons. The Balaban J connectivity index is 1.99. The highest BCUT2D eigenvalue weighted by Crippen LogP contribution is 2.32. The SMILES string of the molecule is CN(/N=C1/COCCN1C=O)c1cc(OCC(F)(F)F)c(C(=O)Nc2c(F)cc(F)cc2F)cc1F. The standard InChI is InChI=1S/C21H17F7N4O4/c1-31(30-18-8-35-3-2-32(18)10-33)16-7-17(36-9-21(26,27)28)12(6-13(16)23)20(34)29-19-14(24)4-11(22)5-15(19)25/h4-7,10H,2-3,8-9H2,1H3,(H,29,34)/b30-18-. The van der Waals surface area contributed by atoms with Gasteiger partial charge in [0, 0.05) is 25.2 Å². The van der Waals surface area contributed by atoms with Gasteiger partial charge in [-0.05, 0) is 6.07 Å². The summed E-state index contributed by atoms with van der Waals surface area (Å²) in [6.07, 6.45) is -4.39. The molecular formula is C21H17F7N4O4. The van der Waals surface area contributed by atoms with Crippen molar-refractivity contribution in [2.45, 2.75) is 6.18 Å². The molecule has 2 aromatic rings. The fourth-order valence-corrected chi connectivity index (χ4v) is 3.05. The smallest absolute Gasteiger partial charge is 0.422 e. The summed E-state index contributed by atoms with van der Waals surface area (Å²) >= 11 is 0. The number of alkyl halides is 3. The van der Waals surface area contributed by atoms with Gasteiger partial charge < -0.3 is 14.8 Å². The van der Waals surface area contributed by atoms with Crippen LogP contribution < -0.4 is 15.1 Å². The van der Waals surface area contributed by atoms with Crippen LogP contribution in [0.25, 0.3) is 0 Å². The van der Waals surface area contributed by atoms with Crippen LogP contribution in [-0.2, 0) is 9.53 Å². The molecule has 2 aromatic carbocycles. The van der Waals surface area contributed by atoms with Gasteiger partial charge in [0.2, 0.25) is 6.41 Å². The van der Waals surface area contributed by atoms with E-state index in [-0.39, 0.29) is 37.7 Å². The van der Waals surface area contributed by atoms with Crippen molar-refractivity contribution >= 4 is 29.5 Å². The van der Waals surface area contributed by atoms with Gasteiger partial charge in [0.15, 0.2) is 24.1 Å². The normalized spacial score (nSPS) is 15.1. The zero-order valence-electron chi connectivity index (χ0n) is 18.3. The first kappa shape index (κ1) is 26.7. The Morgan fingerprint density at radius 3 is 2.44 bits per heavy atom. The van der Waals surface area contributed by atoms with Crippen LogP contribution in [0.2, 0.25) is 0 Å². The number of nitrogens with one attached hydrogen (secondary N) is 1. The van der Waals surface area contributed by atoms with Crippen LogP contribution in [0.3, 0.4) is 0 Å². The summed E-state index contributed by atoms with van der Waals surface area (Å²) in [6.45, 7) is -1.61. The van der Waals surface area contributed by atoms with Crippen molar-refractivity contribution in [2.75, 3.05) is 43.7 Å². The van der Waals surface area contributed by atoms with E-state index in [0.717, 1.165) is 5.01 Å². The molecule has 0 radical (unpaired) electrons. The van der Waals surface area contributed by atoms with Crippen LogP contribution in [0.5, 0.6) is 5.75 Å². The highest BCUT2D eigenvalue weighted by Gasteiger charge is 2.30. The highest BCUT2D eigenvalue weighted by molar-refractivity contribution is 6.06. The number of carbonyl (C=O) groups is 2. The topological polar surface area (TPSA) is 83.5 Å². The van der Waals surface area contributed by atoms with Crippen LogP contribution >= 0.6 is 0 Å². The summed E-state index contributed by atoms with van der Waals surface area (Å²) in [6, 6.07) is 1.71. The average Bonchev–Trinajstić information content (AvgIpc) is 2.79. The molecule has 0 spiro atoms. The van der Waals surface area contributed by atoms with Gasteiger partial charge in [-0.15, -0.1) is 0 Å². The van der Waals surface area contributed by atoms with Gasteiger partial charge in [-0.3, -0.25) is 19.5 Å². The monoisotopic (exact) mass is 522 g/mol. The minimum Gasteiger partial charge on any atom is -0.483 e. The maximum Gasteiger partial charge on any atom is 0.422 e. The lowest BCUT2D eigenvalue weighted by atomic mass is 10.1. The van der Waals surface area contributed by atoms with Gasteiger partial charge in [0.1, 0.15) is 29.7 Å². The van der Waals surface area contributed by atoms with E-state index in [4.69, 9.17) is 4.74 Å². The molecule has 1 fully saturated rings. The Bertz CT molecular complexity index is 1170. The second-order valence-electron chi connectivity index (χ2n) is 7.29. The molecule has 0 unspecified atom stereocenters. The molecule has 1 N–H and O–H groups in total. The number of anilines is 2. The number of hydrogen-bond donors (Lipinski definition) is 1. The molecule has 0 atom stereocenters. The molecule has 1 heterocycles. The molecule has 1 saturated heterocycles. The predicted octanol–water partition coefficient (Wildman–Crippen LogP) is 3.67. The van der Waals surface area contributed by atoms with Crippen LogP contribution in [0.15, 0.2) is 29.4 Å². The van der Waals surface area contributed by atoms with Gasteiger partial charge in [-0.25, -0.2) is 17.6 Å². The molecule has 1 aliphatic heterocycles. The molecule has 2 amide bonds. The summed E-state index contributed by atoms with van der Waals surface area (Å²) in [5.41, 5.74) is -2.42. The number of halogens is 7. The largest absolute Gasteiger partial charge is 0.483 e. The van der Waals surface area contributed by atoms with Gasteiger partial charge >= 0.3 is 6.18 Å². The van der Waals surface area contributed by atoms with E-state index in [1.165, 1.54) is 11.9 Å². The minimum absolute atomic E-state index is 0.0694. The van der Waals surface area contributed by atoms with Gasteiger partial charge in [-0.1, -0.05) is 0 Å². The molecule has 8 nitrogen and oxygen atoms in total. The van der Waals surface area contributed by atoms with Crippen LogP contribution in [-0.4, -0.2) is 62.6 Å². The molecule has 0 saturated carbocycles. The second-order valence-corrected chi connectivity index (χ2v) is 7.29. The first-order valence-corrected chi connectivity index (χ1v) is 9.99. The third kappa shape index (κ3) is 6.41. The number of ether oxygens (including phenoxy) is 2. The Hall–Kier alpha value is -3.88. The number of rotatable bonds is 7. The fraction of sp³-hybridized carbons (Fsp3) is 0.286. The van der Waals surface area contributed by atoms with Gasteiger partial charge in [-0.2, -0.15) is 18.3 Å². The number of amidine groups is 1. The van der Waals surface area contributed by atoms with E-state index >= 15 is 0 Å². The quantitative estimate of drug-likeness (QED) is 0.341. The lowest BCUT2D eigenvalue weighted by Crippen LogP contribution is -2.42. The Labute approximate surface area is 198 Å². The summed E-state index contributed by atoms with van der Waals surface area (Å²) in [5.74, 6) is -7.66. The van der Waals surface area contributed by atoms with E-state index in [1.807, 2.05) is 0 Å². The zero-order chi connectivity index (χ0) is 26.6. The van der Waals surface area contributed by atoms with E-state index in [1.54, 1.807) is 5.32 Å². The van der Waals surface area contributed by atoms with E-state index in [0.29, 0.717) is 18.5 Å². The summed E-state index contributed by atoms with van der Waals surface area (Å²) < 4.78 is 104. The third-order valence-electron chi connectivity index (χ3n) is 4.71. The number of hydrazone groups is 1. The fourth-order valence-electron chi connectivity index (χ4n) is 3.05. The second kappa shape index (κ2) is 10.8. The van der Waals surface area contributed by atoms with E-state index in [2.05, 4.69) is 9.84 Å².